The van der Waals surface area contributed by atoms with Gasteiger partial charge in [0.15, 0.2) is 0 Å². The molecule has 0 bridgehead atoms. The first kappa shape index (κ1) is 22.5. The fourth-order valence-corrected chi connectivity index (χ4v) is 4.66. The molecule has 0 amide bonds. The molecule has 0 spiro atoms. The molecule has 3 aromatic rings. The van der Waals surface area contributed by atoms with Gasteiger partial charge in [0.1, 0.15) is 11.4 Å². The van der Waals surface area contributed by atoms with Crippen LogP contribution in [0, 0.1) is 6.92 Å². The molecule has 4 nitrogen and oxygen atoms in total. The summed E-state index contributed by atoms with van der Waals surface area (Å²) in [7, 11) is 0. The van der Waals surface area contributed by atoms with Gasteiger partial charge in [0.05, 0.1) is 0 Å². The lowest BCUT2D eigenvalue weighted by atomic mass is 10.1. The molecular formula is C24H25F3N4S. The minimum Gasteiger partial charge on any atom is -0.356 e. The molecule has 4 rings (SSSR count). The van der Waals surface area contributed by atoms with Crippen molar-refractivity contribution in [1.29, 1.82) is 0 Å². The van der Waals surface area contributed by atoms with Gasteiger partial charge in [0, 0.05) is 35.6 Å². The van der Waals surface area contributed by atoms with E-state index in [4.69, 9.17) is 0 Å². The molecule has 1 aliphatic heterocycles. The van der Waals surface area contributed by atoms with Crippen molar-refractivity contribution in [3.63, 3.8) is 0 Å². The topological polar surface area (TPSA) is 41.1 Å². The number of rotatable bonds is 6. The molecule has 2 aromatic carbocycles. The van der Waals surface area contributed by atoms with Gasteiger partial charge in [-0.2, -0.15) is 18.2 Å². The maximum Gasteiger partial charge on any atom is 0.421 e. The van der Waals surface area contributed by atoms with Crippen LogP contribution in [-0.4, -0.2) is 23.1 Å². The summed E-state index contributed by atoms with van der Waals surface area (Å²) in [6, 6.07) is 16.2. The summed E-state index contributed by atoms with van der Waals surface area (Å²) in [5.74, 6) is 1.00. The van der Waals surface area contributed by atoms with Crippen LogP contribution in [0.4, 0.5) is 30.6 Å². The third kappa shape index (κ3) is 5.54. The van der Waals surface area contributed by atoms with Crippen molar-refractivity contribution in [1.82, 2.24) is 9.97 Å². The summed E-state index contributed by atoms with van der Waals surface area (Å²) in [5.41, 5.74) is 2.22. The average Bonchev–Trinajstić information content (AvgIpc) is 2.80. The quantitative estimate of drug-likeness (QED) is 0.410. The number of thioether (sulfide) groups is 1. The van der Waals surface area contributed by atoms with E-state index < -0.39 is 11.7 Å². The minimum absolute atomic E-state index is 0.0395. The van der Waals surface area contributed by atoms with Gasteiger partial charge >= 0.3 is 6.18 Å². The molecule has 0 saturated carbocycles. The molecule has 168 valence electrons. The number of aromatic nitrogens is 2. The Morgan fingerprint density at radius 3 is 2.47 bits per heavy atom. The van der Waals surface area contributed by atoms with Crippen molar-refractivity contribution >= 4 is 29.2 Å². The Labute approximate surface area is 190 Å². The van der Waals surface area contributed by atoms with Crippen molar-refractivity contribution in [2.24, 2.45) is 0 Å². The molecule has 0 radical (unpaired) electrons. The van der Waals surface area contributed by atoms with E-state index in [0.717, 1.165) is 47.4 Å². The summed E-state index contributed by atoms with van der Waals surface area (Å²) in [5, 5.41) is 3.11. The Hall–Kier alpha value is -2.74. The van der Waals surface area contributed by atoms with E-state index in [1.807, 2.05) is 37.3 Å². The SMILES string of the molecule is Cc1cc(SCc2ccccc2)ccc1Nc1ncc(C(F)(F)F)c(N2CCCCC2)n1. The molecule has 1 saturated heterocycles. The predicted molar refractivity (Wildman–Crippen MR) is 124 cm³/mol. The van der Waals surface area contributed by atoms with Crippen LogP contribution in [0.15, 0.2) is 59.6 Å². The molecule has 8 heteroatoms. The fourth-order valence-electron chi connectivity index (χ4n) is 3.71. The van der Waals surface area contributed by atoms with Gasteiger partial charge in [-0.05, 0) is 55.5 Å². The van der Waals surface area contributed by atoms with Gasteiger partial charge in [0.25, 0.3) is 0 Å². The van der Waals surface area contributed by atoms with Crippen LogP contribution in [0.3, 0.4) is 0 Å². The fraction of sp³-hybridized carbons (Fsp3) is 0.333. The average molecular weight is 459 g/mol. The summed E-state index contributed by atoms with van der Waals surface area (Å²) in [6.45, 7) is 3.11. The molecule has 0 aliphatic carbocycles. The standard InChI is InChI=1S/C24H25F3N4S/c1-17-14-19(32-16-18-8-4-2-5-9-18)10-11-21(17)29-23-28-15-20(24(25,26)27)22(30-23)31-12-6-3-7-13-31/h2,4-5,8-11,14-15H,3,6-7,12-13,16H2,1H3,(H,28,29,30). The van der Waals surface area contributed by atoms with Gasteiger partial charge in [-0.25, -0.2) is 4.98 Å². The third-order valence-corrected chi connectivity index (χ3v) is 6.49. The first-order chi connectivity index (χ1) is 15.4. The van der Waals surface area contributed by atoms with Gasteiger partial charge in [-0.1, -0.05) is 30.3 Å². The molecule has 0 atom stereocenters. The number of benzene rings is 2. The number of hydrogen-bond acceptors (Lipinski definition) is 5. The van der Waals surface area contributed by atoms with Gasteiger partial charge < -0.3 is 10.2 Å². The van der Waals surface area contributed by atoms with E-state index in [1.165, 1.54) is 5.56 Å². The first-order valence-corrected chi connectivity index (χ1v) is 11.6. The Kier molecular flexibility index (Phi) is 6.89. The number of halogens is 3. The highest BCUT2D eigenvalue weighted by Gasteiger charge is 2.37. The maximum atomic E-state index is 13.5. The van der Waals surface area contributed by atoms with Crippen molar-refractivity contribution < 1.29 is 13.2 Å². The van der Waals surface area contributed by atoms with E-state index in [1.54, 1.807) is 16.7 Å². The molecule has 0 unspecified atom stereocenters. The molecule has 1 N–H and O–H groups in total. The zero-order valence-corrected chi connectivity index (χ0v) is 18.6. The highest BCUT2D eigenvalue weighted by atomic mass is 32.2. The van der Waals surface area contributed by atoms with Crippen LogP contribution in [0.25, 0.3) is 0 Å². The van der Waals surface area contributed by atoms with Crippen LogP contribution in [0.5, 0.6) is 0 Å². The molecule has 2 heterocycles. The highest BCUT2D eigenvalue weighted by molar-refractivity contribution is 7.98. The highest BCUT2D eigenvalue weighted by Crippen LogP contribution is 2.37. The van der Waals surface area contributed by atoms with Crippen molar-refractivity contribution in [3.8, 4) is 0 Å². The molecular weight excluding hydrogens is 433 g/mol. The van der Waals surface area contributed by atoms with E-state index in [2.05, 4.69) is 33.5 Å². The van der Waals surface area contributed by atoms with E-state index >= 15 is 0 Å². The summed E-state index contributed by atoms with van der Waals surface area (Å²) < 4.78 is 40.6. The zero-order chi connectivity index (χ0) is 22.6. The van der Waals surface area contributed by atoms with Crippen LogP contribution < -0.4 is 10.2 Å². The third-order valence-electron chi connectivity index (χ3n) is 5.42. The Bertz CT molecular complexity index is 1050. The smallest absolute Gasteiger partial charge is 0.356 e. The second kappa shape index (κ2) is 9.81. The normalized spacial score (nSPS) is 14.4. The Balaban J connectivity index is 1.51. The van der Waals surface area contributed by atoms with Gasteiger partial charge in [0.2, 0.25) is 5.95 Å². The number of nitrogens with one attached hydrogen (secondary N) is 1. The van der Waals surface area contributed by atoms with E-state index in [0.29, 0.717) is 13.1 Å². The molecule has 32 heavy (non-hydrogen) atoms. The Morgan fingerprint density at radius 1 is 1.03 bits per heavy atom. The number of aryl methyl sites for hydroxylation is 1. The van der Waals surface area contributed by atoms with E-state index in [9.17, 15) is 13.2 Å². The van der Waals surface area contributed by atoms with Crippen LogP contribution >= 0.6 is 11.8 Å². The largest absolute Gasteiger partial charge is 0.421 e. The summed E-state index contributed by atoms with van der Waals surface area (Å²) >= 11 is 1.74. The summed E-state index contributed by atoms with van der Waals surface area (Å²) in [4.78, 5) is 11.1. The zero-order valence-electron chi connectivity index (χ0n) is 17.8. The number of nitrogens with zero attached hydrogens (tertiary/aromatic N) is 3. The summed E-state index contributed by atoms with van der Waals surface area (Å²) in [6.07, 6.45) is -0.837. The lowest BCUT2D eigenvalue weighted by molar-refractivity contribution is -0.137. The van der Waals surface area contributed by atoms with Crippen molar-refractivity contribution in [2.75, 3.05) is 23.3 Å². The number of hydrogen-bond donors (Lipinski definition) is 1. The number of piperidine rings is 1. The van der Waals surface area contributed by atoms with Crippen molar-refractivity contribution in [3.05, 3.63) is 71.4 Å². The van der Waals surface area contributed by atoms with E-state index in [-0.39, 0.29) is 11.8 Å². The monoisotopic (exact) mass is 458 g/mol. The predicted octanol–water partition coefficient (Wildman–Crippen LogP) is 6.83. The second-order valence-electron chi connectivity index (χ2n) is 7.85. The van der Waals surface area contributed by atoms with Crippen LogP contribution in [-0.2, 0) is 11.9 Å². The van der Waals surface area contributed by atoms with Crippen LogP contribution in [0.1, 0.15) is 36.0 Å². The van der Waals surface area contributed by atoms with Crippen molar-refractivity contribution in [2.45, 2.75) is 43.0 Å². The number of alkyl halides is 3. The molecule has 1 fully saturated rings. The minimum atomic E-state index is -4.49. The van der Waals surface area contributed by atoms with Gasteiger partial charge in [-0.3, -0.25) is 0 Å². The van der Waals surface area contributed by atoms with Gasteiger partial charge in [-0.15, -0.1) is 11.8 Å². The maximum absolute atomic E-state index is 13.5. The first-order valence-electron chi connectivity index (χ1n) is 10.6. The lowest BCUT2D eigenvalue weighted by Crippen LogP contribution is -2.32. The number of anilines is 3. The molecule has 1 aliphatic rings. The molecule has 1 aromatic heterocycles. The lowest BCUT2D eigenvalue weighted by Gasteiger charge is -2.30. The second-order valence-corrected chi connectivity index (χ2v) is 8.90. The van der Waals surface area contributed by atoms with Crippen LogP contribution in [0.2, 0.25) is 0 Å². The Morgan fingerprint density at radius 2 is 1.78 bits per heavy atom.